The average Bonchev–Trinajstić information content (AvgIpc) is 3.35. The maximum atomic E-state index is 6.17. The zero-order valence-electron chi connectivity index (χ0n) is 17.4. The molecule has 0 unspecified atom stereocenters. The van der Waals surface area contributed by atoms with E-state index >= 15 is 0 Å². The standard InChI is InChI=1S/C25H28N2OS/c1-18(2)20-13-12-19(3)17-23(20)28-15-7-6-14-27-22-10-5-4-9-21(22)26-25(27)24-11-8-16-29-24/h4-5,8-13,16-18H,6-7,14-15H2,1-3H3. The minimum absolute atomic E-state index is 0.469. The van der Waals surface area contributed by atoms with Crippen LogP contribution in [0.3, 0.4) is 0 Å². The number of aryl methyl sites for hydroxylation is 2. The molecule has 4 rings (SSSR count). The molecule has 0 aliphatic rings. The summed E-state index contributed by atoms with van der Waals surface area (Å²) in [5, 5.41) is 2.11. The molecular weight excluding hydrogens is 376 g/mol. The SMILES string of the molecule is Cc1ccc(C(C)C)c(OCCCCn2c(-c3cccs3)nc3ccccc32)c1. The summed E-state index contributed by atoms with van der Waals surface area (Å²) in [4.78, 5) is 6.11. The molecule has 4 aromatic rings. The fourth-order valence-corrected chi connectivity index (χ4v) is 4.42. The number of imidazole rings is 1. The van der Waals surface area contributed by atoms with E-state index in [9.17, 15) is 0 Å². The van der Waals surface area contributed by atoms with Crippen molar-refractivity contribution < 1.29 is 4.74 Å². The van der Waals surface area contributed by atoms with Gasteiger partial charge in [-0.1, -0.05) is 44.2 Å². The molecule has 150 valence electrons. The van der Waals surface area contributed by atoms with Crippen LogP contribution in [0.25, 0.3) is 21.7 Å². The van der Waals surface area contributed by atoms with E-state index in [4.69, 9.17) is 9.72 Å². The topological polar surface area (TPSA) is 27.1 Å². The van der Waals surface area contributed by atoms with Crippen LogP contribution in [0.1, 0.15) is 43.7 Å². The summed E-state index contributed by atoms with van der Waals surface area (Å²) < 4.78 is 8.52. The normalized spacial score (nSPS) is 11.4. The number of benzene rings is 2. The van der Waals surface area contributed by atoms with Gasteiger partial charge in [-0.15, -0.1) is 11.3 Å². The molecule has 2 heterocycles. The third-order valence-corrected chi connectivity index (χ3v) is 6.09. The highest BCUT2D eigenvalue weighted by molar-refractivity contribution is 7.13. The number of hydrogen-bond donors (Lipinski definition) is 0. The molecule has 0 saturated carbocycles. The van der Waals surface area contributed by atoms with Gasteiger partial charge in [0.2, 0.25) is 0 Å². The number of rotatable bonds is 8. The first-order chi connectivity index (χ1) is 14.1. The first kappa shape index (κ1) is 19.7. The molecule has 4 heteroatoms. The molecule has 0 fully saturated rings. The quantitative estimate of drug-likeness (QED) is 0.294. The second-order valence-corrected chi connectivity index (χ2v) is 8.75. The molecule has 0 aliphatic heterocycles. The summed E-state index contributed by atoms with van der Waals surface area (Å²) in [6.45, 7) is 8.24. The first-order valence-corrected chi connectivity index (χ1v) is 11.2. The van der Waals surface area contributed by atoms with Crippen LogP contribution in [-0.4, -0.2) is 16.2 Å². The van der Waals surface area contributed by atoms with E-state index in [0.29, 0.717) is 5.92 Å². The zero-order chi connectivity index (χ0) is 20.2. The van der Waals surface area contributed by atoms with Crippen LogP contribution in [0.4, 0.5) is 0 Å². The lowest BCUT2D eigenvalue weighted by Gasteiger charge is -2.15. The molecule has 29 heavy (non-hydrogen) atoms. The number of ether oxygens (including phenoxy) is 1. The van der Waals surface area contributed by atoms with Crippen molar-refractivity contribution in [3.63, 3.8) is 0 Å². The predicted octanol–water partition coefficient (Wildman–Crippen LogP) is 7.06. The Hall–Kier alpha value is -2.59. The highest BCUT2D eigenvalue weighted by Crippen LogP contribution is 2.29. The number of unbranched alkanes of at least 4 members (excludes halogenated alkanes) is 1. The molecule has 0 aliphatic carbocycles. The van der Waals surface area contributed by atoms with Crippen LogP contribution < -0.4 is 4.74 Å². The van der Waals surface area contributed by atoms with E-state index in [1.54, 1.807) is 11.3 Å². The van der Waals surface area contributed by atoms with Crippen molar-refractivity contribution in [3.8, 4) is 16.5 Å². The molecule has 0 bridgehead atoms. The van der Waals surface area contributed by atoms with Gasteiger partial charge >= 0.3 is 0 Å². The number of aromatic nitrogens is 2. The summed E-state index contributed by atoms with van der Waals surface area (Å²) in [6.07, 6.45) is 2.07. The zero-order valence-corrected chi connectivity index (χ0v) is 18.2. The Morgan fingerprint density at radius 1 is 1.03 bits per heavy atom. The van der Waals surface area contributed by atoms with E-state index in [0.717, 1.165) is 43.1 Å². The number of nitrogens with zero attached hydrogens (tertiary/aromatic N) is 2. The Kier molecular flexibility index (Phi) is 6.00. The molecule has 0 amide bonds. The Morgan fingerprint density at radius 3 is 2.69 bits per heavy atom. The lowest BCUT2D eigenvalue weighted by Crippen LogP contribution is -2.05. The molecule has 0 saturated heterocycles. The van der Waals surface area contributed by atoms with Crippen LogP contribution in [0, 0.1) is 6.92 Å². The second-order valence-electron chi connectivity index (χ2n) is 7.80. The highest BCUT2D eigenvalue weighted by Gasteiger charge is 2.13. The van der Waals surface area contributed by atoms with Gasteiger partial charge in [-0.05, 0) is 66.5 Å². The van der Waals surface area contributed by atoms with Crippen molar-refractivity contribution in [2.75, 3.05) is 6.61 Å². The highest BCUT2D eigenvalue weighted by atomic mass is 32.1. The summed E-state index contributed by atoms with van der Waals surface area (Å²) in [7, 11) is 0. The van der Waals surface area contributed by atoms with Gasteiger partial charge in [-0.25, -0.2) is 4.98 Å². The van der Waals surface area contributed by atoms with Crippen molar-refractivity contribution in [2.45, 2.75) is 46.1 Å². The monoisotopic (exact) mass is 404 g/mol. The number of thiophene rings is 1. The molecule has 0 atom stereocenters. The molecular formula is C25H28N2OS. The Balaban J connectivity index is 1.43. The van der Waals surface area contributed by atoms with E-state index < -0.39 is 0 Å². The Morgan fingerprint density at radius 2 is 1.90 bits per heavy atom. The largest absolute Gasteiger partial charge is 0.493 e. The van der Waals surface area contributed by atoms with Crippen molar-refractivity contribution in [1.82, 2.24) is 9.55 Å². The smallest absolute Gasteiger partial charge is 0.151 e. The summed E-state index contributed by atoms with van der Waals surface area (Å²) in [5.74, 6) is 2.58. The average molecular weight is 405 g/mol. The van der Waals surface area contributed by atoms with Crippen LogP contribution in [0.5, 0.6) is 5.75 Å². The molecule has 3 nitrogen and oxygen atoms in total. The molecule has 0 radical (unpaired) electrons. The minimum atomic E-state index is 0.469. The Labute approximate surface area is 177 Å². The summed E-state index contributed by atoms with van der Waals surface area (Å²) in [6, 6.07) is 19.2. The van der Waals surface area contributed by atoms with Crippen LogP contribution in [-0.2, 0) is 6.54 Å². The van der Waals surface area contributed by atoms with Gasteiger partial charge in [0.25, 0.3) is 0 Å². The number of fused-ring (bicyclic) bond motifs is 1. The summed E-state index contributed by atoms with van der Waals surface area (Å²) >= 11 is 1.74. The molecule has 2 aromatic heterocycles. The van der Waals surface area contributed by atoms with Gasteiger partial charge < -0.3 is 9.30 Å². The van der Waals surface area contributed by atoms with E-state index in [2.05, 4.69) is 85.3 Å². The minimum Gasteiger partial charge on any atom is -0.493 e. The maximum absolute atomic E-state index is 6.17. The van der Waals surface area contributed by atoms with Gasteiger partial charge in [0.05, 0.1) is 22.5 Å². The van der Waals surface area contributed by atoms with Crippen molar-refractivity contribution >= 4 is 22.4 Å². The van der Waals surface area contributed by atoms with Crippen molar-refractivity contribution in [1.29, 1.82) is 0 Å². The van der Waals surface area contributed by atoms with E-state index in [1.165, 1.54) is 21.5 Å². The fourth-order valence-electron chi connectivity index (χ4n) is 3.69. The van der Waals surface area contributed by atoms with Gasteiger partial charge in [-0.3, -0.25) is 0 Å². The Bertz CT molecular complexity index is 1080. The van der Waals surface area contributed by atoms with Gasteiger partial charge in [0.1, 0.15) is 5.75 Å². The van der Waals surface area contributed by atoms with Crippen LogP contribution in [0.2, 0.25) is 0 Å². The van der Waals surface area contributed by atoms with Crippen molar-refractivity contribution in [3.05, 3.63) is 71.1 Å². The predicted molar refractivity (Wildman–Crippen MR) is 123 cm³/mol. The molecule has 0 N–H and O–H groups in total. The number of hydrogen-bond acceptors (Lipinski definition) is 3. The molecule has 2 aromatic carbocycles. The second kappa shape index (κ2) is 8.83. The maximum Gasteiger partial charge on any atom is 0.151 e. The summed E-state index contributed by atoms with van der Waals surface area (Å²) in [5.41, 5.74) is 4.80. The van der Waals surface area contributed by atoms with E-state index in [-0.39, 0.29) is 0 Å². The van der Waals surface area contributed by atoms with Crippen molar-refractivity contribution in [2.24, 2.45) is 0 Å². The van der Waals surface area contributed by atoms with Gasteiger partial charge in [0.15, 0.2) is 5.82 Å². The van der Waals surface area contributed by atoms with Crippen LogP contribution in [0.15, 0.2) is 60.0 Å². The molecule has 0 spiro atoms. The van der Waals surface area contributed by atoms with Gasteiger partial charge in [-0.2, -0.15) is 0 Å². The lowest BCUT2D eigenvalue weighted by atomic mass is 10.0. The van der Waals surface area contributed by atoms with Crippen LogP contribution >= 0.6 is 11.3 Å². The first-order valence-electron chi connectivity index (χ1n) is 10.4. The number of para-hydroxylation sites is 2. The fraction of sp³-hybridized carbons (Fsp3) is 0.320. The van der Waals surface area contributed by atoms with E-state index in [1.807, 2.05) is 0 Å². The third-order valence-electron chi connectivity index (χ3n) is 5.22. The third kappa shape index (κ3) is 4.38. The van der Waals surface area contributed by atoms with Gasteiger partial charge in [0, 0.05) is 6.54 Å². The lowest BCUT2D eigenvalue weighted by molar-refractivity contribution is 0.299.